The standard InChI is InChI=1S/C17H18N4O3/c1-11(22)18-13-3-2-4-14(9-13)19-16(23)10-21-17(24)8-7-15(20-21)12-5-6-12/h2-4,7-9,12H,5-6,10H2,1H3,(H,18,22)(H,19,23). The van der Waals surface area contributed by atoms with Crippen LogP contribution in [0.4, 0.5) is 11.4 Å². The van der Waals surface area contributed by atoms with E-state index in [2.05, 4.69) is 15.7 Å². The summed E-state index contributed by atoms with van der Waals surface area (Å²) in [6.45, 7) is 1.26. The summed E-state index contributed by atoms with van der Waals surface area (Å²) in [6, 6.07) is 9.98. The Balaban J connectivity index is 1.68. The quantitative estimate of drug-likeness (QED) is 0.875. The summed E-state index contributed by atoms with van der Waals surface area (Å²) in [5.74, 6) is -0.127. The van der Waals surface area contributed by atoms with Gasteiger partial charge in [0.15, 0.2) is 0 Å². The molecule has 0 spiro atoms. The van der Waals surface area contributed by atoms with Crippen molar-refractivity contribution < 1.29 is 9.59 Å². The number of nitrogens with zero attached hydrogens (tertiary/aromatic N) is 2. The van der Waals surface area contributed by atoms with Gasteiger partial charge in [-0.3, -0.25) is 14.4 Å². The largest absolute Gasteiger partial charge is 0.326 e. The van der Waals surface area contributed by atoms with E-state index in [9.17, 15) is 14.4 Å². The van der Waals surface area contributed by atoms with Gasteiger partial charge in [0.05, 0.1) is 5.69 Å². The van der Waals surface area contributed by atoms with E-state index in [1.807, 2.05) is 0 Å². The first-order chi connectivity index (χ1) is 11.5. The minimum atomic E-state index is -0.350. The number of hydrogen-bond acceptors (Lipinski definition) is 4. The average molecular weight is 326 g/mol. The number of anilines is 2. The van der Waals surface area contributed by atoms with Gasteiger partial charge in [0.1, 0.15) is 6.54 Å². The fourth-order valence-corrected chi connectivity index (χ4v) is 2.39. The molecule has 1 aromatic heterocycles. The molecule has 0 unspecified atom stereocenters. The van der Waals surface area contributed by atoms with Crippen molar-refractivity contribution in [3.63, 3.8) is 0 Å². The Labute approximate surface area is 138 Å². The molecule has 1 aromatic carbocycles. The van der Waals surface area contributed by atoms with E-state index < -0.39 is 0 Å². The van der Waals surface area contributed by atoms with Crippen LogP contribution in [0.1, 0.15) is 31.4 Å². The fourth-order valence-electron chi connectivity index (χ4n) is 2.39. The molecular weight excluding hydrogens is 308 g/mol. The lowest BCUT2D eigenvalue weighted by Crippen LogP contribution is -2.29. The summed E-state index contributed by atoms with van der Waals surface area (Å²) in [7, 11) is 0. The van der Waals surface area contributed by atoms with Gasteiger partial charge >= 0.3 is 0 Å². The zero-order valence-corrected chi connectivity index (χ0v) is 13.3. The van der Waals surface area contributed by atoms with Gasteiger partial charge in [-0.25, -0.2) is 4.68 Å². The zero-order valence-electron chi connectivity index (χ0n) is 13.3. The Bertz CT molecular complexity index is 840. The third-order valence-corrected chi connectivity index (χ3v) is 3.64. The number of aromatic nitrogens is 2. The molecule has 24 heavy (non-hydrogen) atoms. The average Bonchev–Trinajstić information content (AvgIpc) is 3.34. The number of rotatable bonds is 5. The first-order valence-corrected chi connectivity index (χ1v) is 7.77. The summed E-state index contributed by atoms with van der Waals surface area (Å²) < 4.78 is 1.18. The van der Waals surface area contributed by atoms with Crippen molar-refractivity contribution in [1.82, 2.24) is 9.78 Å². The Morgan fingerprint density at radius 2 is 1.88 bits per heavy atom. The third kappa shape index (κ3) is 4.07. The molecule has 2 aromatic rings. The molecule has 2 N–H and O–H groups in total. The molecule has 2 amide bonds. The maximum absolute atomic E-state index is 12.2. The lowest BCUT2D eigenvalue weighted by molar-refractivity contribution is -0.117. The van der Waals surface area contributed by atoms with E-state index in [1.54, 1.807) is 30.3 Å². The minimum Gasteiger partial charge on any atom is -0.326 e. The summed E-state index contributed by atoms with van der Waals surface area (Å²) in [5, 5.41) is 9.61. The van der Waals surface area contributed by atoms with Gasteiger partial charge in [-0.15, -0.1) is 0 Å². The van der Waals surface area contributed by atoms with E-state index in [-0.39, 0.29) is 23.9 Å². The van der Waals surface area contributed by atoms with Gasteiger partial charge in [0.25, 0.3) is 5.56 Å². The monoisotopic (exact) mass is 326 g/mol. The molecule has 3 rings (SSSR count). The predicted octanol–water partition coefficient (Wildman–Crippen LogP) is 1.72. The van der Waals surface area contributed by atoms with Gasteiger partial charge in [0.2, 0.25) is 11.8 Å². The fraction of sp³-hybridized carbons (Fsp3) is 0.294. The first kappa shape index (κ1) is 15.9. The van der Waals surface area contributed by atoms with Crippen molar-refractivity contribution in [2.45, 2.75) is 32.2 Å². The predicted molar refractivity (Wildman–Crippen MR) is 89.8 cm³/mol. The van der Waals surface area contributed by atoms with Crippen LogP contribution in [-0.4, -0.2) is 21.6 Å². The normalized spacial score (nSPS) is 13.4. The summed E-state index contributed by atoms with van der Waals surface area (Å²) in [5.41, 5.74) is 1.68. The van der Waals surface area contributed by atoms with Gasteiger partial charge in [0, 0.05) is 30.3 Å². The van der Waals surface area contributed by atoms with Gasteiger partial charge in [-0.05, 0) is 37.1 Å². The molecule has 1 heterocycles. The van der Waals surface area contributed by atoms with E-state index in [0.717, 1.165) is 18.5 Å². The van der Waals surface area contributed by atoms with Crippen LogP contribution in [0, 0.1) is 0 Å². The van der Waals surface area contributed by atoms with Crippen LogP contribution in [0.2, 0.25) is 0 Å². The van der Waals surface area contributed by atoms with Gasteiger partial charge in [-0.2, -0.15) is 5.10 Å². The van der Waals surface area contributed by atoms with E-state index in [0.29, 0.717) is 17.3 Å². The summed E-state index contributed by atoms with van der Waals surface area (Å²) in [4.78, 5) is 35.1. The maximum Gasteiger partial charge on any atom is 0.267 e. The molecule has 1 aliphatic rings. The smallest absolute Gasteiger partial charge is 0.267 e. The van der Waals surface area contributed by atoms with E-state index in [4.69, 9.17) is 0 Å². The molecule has 0 radical (unpaired) electrons. The second-order valence-corrected chi connectivity index (χ2v) is 5.84. The molecule has 0 atom stereocenters. The Kier molecular flexibility index (Phi) is 4.41. The molecule has 0 bridgehead atoms. The number of hydrogen-bond donors (Lipinski definition) is 2. The van der Waals surface area contributed by atoms with Crippen LogP contribution in [0.25, 0.3) is 0 Å². The summed E-state index contributed by atoms with van der Waals surface area (Å²) >= 11 is 0. The lowest BCUT2D eigenvalue weighted by atomic mass is 10.2. The Morgan fingerprint density at radius 3 is 2.54 bits per heavy atom. The van der Waals surface area contributed by atoms with Crippen LogP contribution in [0.5, 0.6) is 0 Å². The van der Waals surface area contributed by atoms with E-state index in [1.165, 1.54) is 17.7 Å². The van der Waals surface area contributed by atoms with Crippen molar-refractivity contribution >= 4 is 23.2 Å². The number of carbonyl (C=O) groups excluding carboxylic acids is 2. The number of amides is 2. The van der Waals surface area contributed by atoms with Gasteiger partial charge in [-0.1, -0.05) is 6.07 Å². The molecule has 7 nitrogen and oxygen atoms in total. The van der Waals surface area contributed by atoms with Crippen LogP contribution >= 0.6 is 0 Å². The van der Waals surface area contributed by atoms with Crippen molar-refractivity contribution in [2.75, 3.05) is 10.6 Å². The minimum absolute atomic E-state index is 0.149. The van der Waals surface area contributed by atoms with Crippen molar-refractivity contribution in [3.8, 4) is 0 Å². The van der Waals surface area contributed by atoms with Crippen molar-refractivity contribution in [2.24, 2.45) is 0 Å². The second-order valence-electron chi connectivity index (χ2n) is 5.84. The van der Waals surface area contributed by atoms with Crippen molar-refractivity contribution in [3.05, 3.63) is 52.4 Å². The van der Waals surface area contributed by atoms with Crippen LogP contribution in [0.15, 0.2) is 41.2 Å². The van der Waals surface area contributed by atoms with E-state index >= 15 is 0 Å². The molecule has 0 aliphatic heterocycles. The van der Waals surface area contributed by atoms with Gasteiger partial charge < -0.3 is 10.6 Å². The Morgan fingerprint density at radius 1 is 1.17 bits per heavy atom. The topological polar surface area (TPSA) is 93.1 Å². The molecule has 1 aliphatic carbocycles. The van der Waals surface area contributed by atoms with Crippen LogP contribution in [-0.2, 0) is 16.1 Å². The van der Waals surface area contributed by atoms with Crippen LogP contribution in [0.3, 0.4) is 0 Å². The highest BCUT2D eigenvalue weighted by molar-refractivity contribution is 5.93. The second kappa shape index (κ2) is 6.66. The zero-order chi connectivity index (χ0) is 17.1. The lowest BCUT2D eigenvalue weighted by Gasteiger charge is -2.09. The number of carbonyl (C=O) groups is 2. The molecular formula is C17H18N4O3. The van der Waals surface area contributed by atoms with Crippen molar-refractivity contribution in [1.29, 1.82) is 0 Å². The molecule has 7 heteroatoms. The highest BCUT2D eigenvalue weighted by atomic mass is 16.2. The molecule has 0 saturated heterocycles. The molecule has 124 valence electrons. The van der Waals surface area contributed by atoms with Crippen LogP contribution < -0.4 is 16.2 Å². The highest BCUT2D eigenvalue weighted by Crippen LogP contribution is 2.38. The maximum atomic E-state index is 12.2. The highest BCUT2D eigenvalue weighted by Gasteiger charge is 2.25. The molecule has 1 saturated carbocycles. The summed E-state index contributed by atoms with van der Waals surface area (Å²) in [6.07, 6.45) is 2.15. The molecule has 1 fully saturated rings. The SMILES string of the molecule is CC(=O)Nc1cccc(NC(=O)Cn2nc(C3CC3)ccc2=O)c1. The third-order valence-electron chi connectivity index (χ3n) is 3.64. The number of benzene rings is 1. The number of nitrogens with one attached hydrogen (secondary N) is 2. The Hall–Kier alpha value is -2.96. The first-order valence-electron chi connectivity index (χ1n) is 7.77.